The Hall–Kier alpha value is -7.04. The molecule has 0 atom stereocenters. The Morgan fingerprint density at radius 1 is 0.352 bits per heavy atom. The predicted molar refractivity (Wildman–Crippen MR) is 224 cm³/mol. The van der Waals surface area contributed by atoms with Gasteiger partial charge in [-0.2, -0.15) is 0 Å². The Labute approximate surface area is 312 Å². The number of benzene rings is 8. The topological polar surface area (TPSA) is 44.2 Å². The molecule has 0 N–H and O–H groups in total. The van der Waals surface area contributed by atoms with Crippen molar-refractivity contribution in [3.05, 3.63) is 170 Å². The average molecular weight is 695 g/mol. The fourth-order valence-corrected chi connectivity index (χ4v) is 8.23. The highest BCUT2D eigenvalue weighted by Crippen LogP contribution is 2.47. The van der Waals surface area contributed by atoms with Crippen LogP contribution in [0.2, 0.25) is 0 Å². The van der Waals surface area contributed by atoms with Crippen LogP contribution in [0, 0.1) is 0 Å². The second-order valence-corrected chi connectivity index (χ2v) is 13.6. The number of fused-ring (bicyclic) bond motifs is 6. The number of ether oxygens (including phenoxy) is 2. The fraction of sp³-hybridized carbons (Fsp3) is 0.0400. The number of pyridine rings is 2. The zero-order valence-electron chi connectivity index (χ0n) is 29.9. The second kappa shape index (κ2) is 12.9. The van der Waals surface area contributed by atoms with Crippen LogP contribution in [0.1, 0.15) is 0 Å². The van der Waals surface area contributed by atoms with E-state index >= 15 is 0 Å². The fourth-order valence-electron chi connectivity index (χ4n) is 8.23. The van der Waals surface area contributed by atoms with Gasteiger partial charge in [0.2, 0.25) is 0 Å². The first-order chi connectivity index (χ1) is 26.7. The molecule has 0 radical (unpaired) electrons. The van der Waals surface area contributed by atoms with Crippen LogP contribution in [-0.2, 0) is 0 Å². The first kappa shape index (κ1) is 31.7. The van der Waals surface area contributed by atoms with Crippen molar-refractivity contribution in [3.8, 4) is 56.3 Å². The van der Waals surface area contributed by atoms with Crippen LogP contribution < -0.4 is 9.47 Å². The number of aromatic nitrogens is 2. The molecule has 0 amide bonds. The van der Waals surface area contributed by atoms with Crippen LogP contribution >= 0.6 is 0 Å². The van der Waals surface area contributed by atoms with Crippen LogP contribution in [0.4, 0.5) is 0 Å². The molecule has 256 valence electrons. The first-order valence-electron chi connectivity index (χ1n) is 18.1. The molecule has 0 aliphatic rings. The Bertz CT molecular complexity index is 3020. The predicted octanol–water partition coefficient (Wildman–Crippen LogP) is 12.9. The maximum absolute atomic E-state index is 5.95. The third-order valence-electron chi connectivity index (χ3n) is 10.6. The highest BCUT2D eigenvalue weighted by Gasteiger charge is 2.21. The van der Waals surface area contributed by atoms with Crippen LogP contribution in [0.3, 0.4) is 0 Å². The molecule has 0 fully saturated rings. The summed E-state index contributed by atoms with van der Waals surface area (Å²) in [6.07, 6.45) is 0. The minimum absolute atomic E-state index is 0.645. The highest BCUT2D eigenvalue weighted by molar-refractivity contribution is 6.23. The summed E-state index contributed by atoms with van der Waals surface area (Å²) in [4.78, 5) is 10.5. The van der Waals surface area contributed by atoms with Crippen molar-refractivity contribution in [2.45, 2.75) is 0 Å². The molecular weight excluding hydrogens is 661 g/mol. The van der Waals surface area contributed by atoms with Crippen molar-refractivity contribution >= 4 is 54.1 Å². The van der Waals surface area contributed by atoms with Gasteiger partial charge in [0, 0.05) is 21.9 Å². The van der Waals surface area contributed by atoms with Crippen molar-refractivity contribution in [2.75, 3.05) is 14.2 Å². The summed E-state index contributed by atoms with van der Waals surface area (Å²) >= 11 is 0. The summed E-state index contributed by atoms with van der Waals surface area (Å²) < 4.78 is 11.9. The van der Waals surface area contributed by atoms with Crippen LogP contribution in [0.5, 0.6) is 11.5 Å². The Morgan fingerprint density at radius 3 is 1.43 bits per heavy atom. The average Bonchev–Trinajstić information content (AvgIpc) is 3.24. The van der Waals surface area contributed by atoms with Crippen molar-refractivity contribution in [2.24, 2.45) is 0 Å². The van der Waals surface area contributed by atoms with Gasteiger partial charge in [0.05, 0.1) is 25.6 Å². The zero-order chi connectivity index (χ0) is 36.2. The van der Waals surface area contributed by atoms with Crippen LogP contribution in [-0.4, -0.2) is 24.2 Å². The molecule has 10 aromatic rings. The third kappa shape index (κ3) is 4.99. The van der Waals surface area contributed by atoms with E-state index in [0.29, 0.717) is 11.5 Å². The molecule has 54 heavy (non-hydrogen) atoms. The maximum atomic E-state index is 5.95. The lowest BCUT2D eigenvalue weighted by Gasteiger charge is -2.19. The second-order valence-electron chi connectivity index (χ2n) is 13.6. The van der Waals surface area contributed by atoms with Crippen LogP contribution in [0.15, 0.2) is 170 Å². The molecule has 0 spiro atoms. The summed E-state index contributed by atoms with van der Waals surface area (Å²) in [6.45, 7) is 0. The van der Waals surface area contributed by atoms with Crippen molar-refractivity contribution in [1.82, 2.24) is 9.97 Å². The molecule has 2 heterocycles. The maximum Gasteiger partial charge on any atom is 0.170 e. The van der Waals surface area contributed by atoms with Crippen molar-refractivity contribution < 1.29 is 9.47 Å². The molecule has 0 aliphatic carbocycles. The van der Waals surface area contributed by atoms with E-state index in [1.54, 1.807) is 14.2 Å². The van der Waals surface area contributed by atoms with Gasteiger partial charge in [-0.3, -0.25) is 0 Å². The summed E-state index contributed by atoms with van der Waals surface area (Å²) in [6, 6.07) is 60.1. The Balaban J connectivity index is 1.20. The SMILES string of the molecule is COc1c(OC)c2ccc(-c3cccc(-c4c5ccccc5c(-c5cccc6ccccc56)c5ccccc45)c3)nc2c2nc(-c3ccccc3)ccc12. The lowest BCUT2D eigenvalue weighted by Crippen LogP contribution is -1.98. The van der Waals surface area contributed by atoms with Gasteiger partial charge < -0.3 is 9.47 Å². The van der Waals surface area contributed by atoms with E-state index in [0.717, 1.165) is 49.9 Å². The summed E-state index contributed by atoms with van der Waals surface area (Å²) in [5.41, 5.74) is 10.1. The molecule has 4 heteroatoms. The van der Waals surface area contributed by atoms with Gasteiger partial charge in [0.15, 0.2) is 11.5 Å². The minimum atomic E-state index is 0.645. The van der Waals surface area contributed by atoms with E-state index < -0.39 is 0 Å². The van der Waals surface area contributed by atoms with Gasteiger partial charge in [0.25, 0.3) is 0 Å². The number of hydrogen-bond acceptors (Lipinski definition) is 4. The Kier molecular flexibility index (Phi) is 7.55. The molecule has 10 rings (SSSR count). The largest absolute Gasteiger partial charge is 0.492 e. The molecule has 4 nitrogen and oxygen atoms in total. The number of hydrogen-bond donors (Lipinski definition) is 0. The van der Waals surface area contributed by atoms with Crippen LogP contribution in [0.25, 0.3) is 98.9 Å². The van der Waals surface area contributed by atoms with Gasteiger partial charge in [-0.15, -0.1) is 0 Å². The standard InChI is InChI=1S/C50H34N2O2/c1-53-49-41-26-28-43(32-15-4-3-5-16-32)51-47(41)48-42(50(49)54-2)27-29-44(52-48)33-18-12-19-34(30-33)45-37-21-8-10-23-39(37)46(40-24-11-9-22-38(40)45)36-25-13-17-31-14-6-7-20-35(31)36/h3-30H,1-2H3. The minimum Gasteiger partial charge on any atom is -0.492 e. The van der Waals surface area contributed by atoms with Crippen molar-refractivity contribution in [3.63, 3.8) is 0 Å². The normalized spacial score (nSPS) is 11.5. The van der Waals surface area contributed by atoms with E-state index in [1.807, 2.05) is 24.3 Å². The summed E-state index contributed by atoms with van der Waals surface area (Å²) in [7, 11) is 3.34. The number of rotatable bonds is 6. The Morgan fingerprint density at radius 2 is 0.815 bits per heavy atom. The lowest BCUT2D eigenvalue weighted by molar-refractivity contribution is 0.362. The molecule has 8 aromatic carbocycles. The summed E-state index contributed by atoms with van der Waals surface area (Å²) in [5.74, 6) is 1.29. The van der Waals surface area contributed by atoms with E-state index in [4.69, 9.17) is 19.4 Å². The van der Waals surface area contributed by atoms with Gasteiger partial charge in [-0.25, -0.2) is 9.97 Å². The van der Waals surface area contributed by atoms with Gasteiger partial charge >= 0.3 is 0 Å². The molecule has 0 unspecified atom stereocenters. The van der Waals surface area contributed by atoms with Gasteiger partial charge in [-0.05, 0) is 84.9 Å². The monoisotopic (exact) mass is 694 g/mol. The van der Waals surface area contributed by atoms with Gasteiger partial charge in [-0.1, -0.05) is 140 Å². The summed E-state index contributed by atoms with van der Waals surface area (Å²) in [5, 5.41) is 9.06. The molecule has 0 saturated carbocycles. The molecule has 0 bridgehead atoms. The zero-order valence-corrected chi connectivity index (χ0v) is 29.9. The van der Waals surface area contributed by atoms with E-state index in [2.05, 4.69) is 146 Å². The van der Waals surface area contributed by atoms with Gasteiger partial charge in [0.1, 0.15) is 11.0 Å². The molecule has 0 saturated heterocycles. The van der Waals surface area contributed by atoms with Crippen molar-refractivity contribution in [1.29, 1.82) is 0 Å². The molecule has 0 aliphatic heterocycles. The highest BCUT2D eigenvalue weighted by atomic mass is 16.5. The lowest BCUT2D eigenvalue weighted by atomic mass is 9.84. The molecular formula is C50H34N2O2. The quantitative estimate of drug-likeness (QED) is 0.128. The van der Waals surface area contributed by atoms with E-state index in [-0.39, 0.29) is 0 Å². The number of nitrogens with zero attached hydrogens (tertiary/aromatic N) is 2. The van der Waals surface area contributed by atoms with E-state index in [9.17, 15) is 0 Å². The van der Waals surface area contributed by atoms with E-state index in [1.165, 1.54) is 49.0 Å². The first-order valence-corrected chi connectivity index (χ1v) is 18.1. The smallest absolute Gasteiger partial charge is 0.170 e. The molecule has 2 aromatic heterocycles. The number of methoxy groups -OCH3 is 2. The third-order valence-corrected chi connectivity index (χ3v) is 10.6.